The second kappa shape index (κ2) is 7.05. The van der Waals surface area contributed by atoms with Crippen LogP contribution in [0.5, 0.6) is 0 Å². The largest absolute Gasteiger partial charge is 0.246 e. The van der Waals surface area contributed by atoms with Crippen LogP contribution >= 0.6 is 0 Å². The van der Waals surface area contributed by atoms with Gasteiger partial charge in [-0.1, -0.05) is 30.3 Å². The summed E-state index contributed by atoms with van der Waals surface area (Å²) in [6, 6.07) is 10.5. The van der Waals surface area contributed by atoms with Crippen LogP contribution in [0.4, 0.5) is 8.78 Å². The standard InChI is InChI=1S/C17H17F2NO4S2/c18-14-6-2-1-5-13(14)16-9-10-20(11-12-25(16,21)22)26(23,24)17-8-4-3-7-15(17)19/h1-8,16H,9-12H2. The molecule has 1 atom stereocenters. The van der Waals surface area contributed by atoms with E-state index in [2.05, 4.69) is 0 Å². The molecule has 9 heteroatoms. The fraction of sp³-hybridized carbons (Fsp3) is 0.294. The lowest BCUT2D eigenvalue weighted by Gasteiger charge is -2.20. The van der Waals surface area contributed by atoms with Gasteiger partial charge in [-0.2, -0.15) is 4.31 Å². The first-order chi connectivity index (χ1) is 12.2. The minimum atomic E-state index is -4.18. The lowest BCUT2D eigenvalue weighted by atomic mass is 10.1. The number of nitrogens with zero attached hydrogens (tertiary/aromatic N) is 1. The zero-order chi connectivity index (χ0) is 18.9. The number of sulfone groups is 1. The normalized spacial score (nSPS) is 21.2. The van der Waals surface area contributed by atoms with Gasteiger partial charge in [0.2, 0.25) is 10.0 Å². The lowest BCUT2D eigenvalue weighted by molar-refractivity contribution is 0.423. The van der Waals surface area contributed by atoms with Crippen molar-refractivity contribution in [1.82, 2.24) is 4.31 Å². The third kappa shape index (κ3) is 3.51. The molecule has 140 valence electrons. The molecular formula is C17H17F2NO4S2. The molecule has 1 fully saturated rings. The van der Waals surface area contributed by atoms with Crippen LogP contribution in [0.1, 0.15) is 17.2 Å². The van der Waals surface area contributed by atoms with Crippen LogP contribution in [0.15, 0.2) is 53.4 Å². The molecule has 0 aliphatic carbocycles. The summed E-state index contributed by atoms with van der Waals surface area (Å²) < 4.78 is 79.5. The Morgan fingerprint density at radius 3 is 2.19 bits per heavy atom. The van der Waals surface area contributed by atoms with Gasteiger partial charge in [-0.05, 0) is 24.6 Å². The smallest absolute Gasteiger partial charge is 0.228 e. The van der Waals surface area contributed by atoms with Crippen LogP contribution in [-0.4, -0.2) is 40.0 Å². The first kappa shape index (κ1) is 18.9. The molecule has 3 rings (SSSR count). The molecule has 2 aromatic carbocycles. The van der Waals surface area contributed by atoms with Gasteiger partial charge in [-0.15, -0.1) is 0 Å². The summed E-state index contributed by atoms with van der Waals surface area (Å²) in [5.41, 5.74) is 0.0256. The van der Waals surface area contributed by atoms with Crippen molar-refractivity contribution in [3.05, 3.63) is 65.7 Å². The molecular weight excluding hydrogens is 384 g/mol. The Balaban J connectivity index is 1.95. The van der Waals surface area contributed by atoms with E-state index in [1.54, 1.807) is 0 Å². The molecule has 26 heavy (non-hydrogen) atoms. The van der Waals surface area contributed by atoms with E-state index in [1.165, 1.54) is 36.4 Å². The van der Waals surface area contributed by atoms with E-state index in [-0.39, 0.29) is 25.1 Å². The van der Waals surface area contributed by atoms with Gasteiger partial charge in [0.15, 0.2) is 9.84 Å². The summed E-state index contributed by atoms with van der Waals surface area (Å²) >= 11 is 0. The van der Waals surface area contributed by atoms with E-state index in [1.807, 2.05) is 0 Å². The Labute approximate surface area is 151 Å². The number of hydrogen-bond donors (Lipinski definition) is 0. The van der Waals surface area contributed by atoms with Crippen LogP contribution in [0.25, 0.3) is 0 Å². The van der Waals surface area contributed by atoms with Crippen molar-refractivity contribution in [3.63, 3.8) is 0 Å². The molecule has 1 unspecified atom stereocenters. The molecule has 1 saturated heterocycles. The summed E-state index contributed by atoms with van der Waals surface area (Å²) in [5, 5.41) is -1.13. The molecule has 1 heterocycles. The maximum atomic E-state index is 14.1. The van der Waals surface area contributed by atoms with Crippen LogP contribution < -0.4 is 0 Å². The van der Waals surface area contributed by atoms with E-state index in [0.29, 0.717) is 0 Å². The molecule has 0 radical (unpaired) electrons. The average Bonchev–Trinajstić information content (AvgIpc) is 2.74. The Kier molecular flexibility index (Phi) is 5.14. The van der Waals surface area contributed by atoms with Crippen LogP contribution in [0.2, 0.25) is 0 Å². The van der Waals surface area contributed by atoms with E-state index in [9.17, 15) is 25.6 Å². The first-order valence-electron chi connectivity index (χ1n) is 7.94. The van der Waals surface area contributed by atoms with Crippen LogP contribution in [-0.2, 0) is 19.9 Å². The van der Waals surface area contributed by atoms with Crippen molar-refractivity contribution in [3.8, 4) is 0 Å². The molecule has 0 amide bonds. The Morgan fingerprint density at radius 1 is 0.923 bits per heavy atom. The monoisotopic (exact) mass is 401 g/mol. The highest BCUT2D eigenvalue weighted by Gasteiger charge is 2.37. The second-order valence-electron chi connectivity index (χ2n) is 6.00. The summed E-state index contributed by atoms with van der Waals surface area (Å²) in [6.45, 7) is -0.446. The molecule has 0 N–H and O–H groups in total. The zero-order valence-electron chi connectivity index (χ0n) is 13.7. The topological polar surface area (TPSA) is 71.5 Å². The molecule has 1 aliphatic rings. The van der Waals surface area contributed by atoms with Gasteiger partial charge < -0.3 is 0 Å². The quantitative estimate of drug-likeness (QED) is 0.792. The third-order valence-corrected chi connectivity index (χ3v) is 8.45. The highest BCUT2D eigenvalue weighted by atomic mass is 32.2. The maximum Gasteiger partial charge on any atom is 0.246 e. The minimum Gasteiger partial charge on any atom is -0.228 e. The molecule has 0 bridgehead atoms. The van der Waals surface area contributed by atoms with Crippen molar-refractivity contribution < 1.29 is 25.6 Å². The predicted molar refractivity (Wildman–Crippen MR) is 92.7 cm³/mol. The Bertz CT molecular complexity index is 1020. The van der Waals surface area contributed by atoms with Gasteiger partial charge in [-0.25, -0.2) is 25.6 Å². The van der Waals surface area contributed by atoms with Gasteiger partial charge in [0.05, 0.1) is 11.0 Å². The molecule has 2 aromatic rings. The number of sulfonamides is 1. The lowest BCUT2D eigenvalue weighted by Crippen LogP contribution is -2.34. The van der Waals surface area contributed by atoms with E-state index >= 15 is 0 Å². The summed E-state index contributed by atoms with van der Waals surface area (Å²) in [5.74, 6) is -2.00. The van der Waals surface area contributed by atoms with Gasteiger partial charge in [0, 0.05) is 18.7 Å². The highest BCUT2D eigenvalue weighted by Crippen LogP contribution is 2.32. The van der Waals surface area contributed by atoms with E-state index in [4.69, 9.17) is 0 Å². The first-order valence-corrected chi connectivity index (χ1v) is 11.1. The summed E-state index contributed by atoms with van der Waals surface area (Å²) in [4.78, 5) is -0.498. The van der Waals surface area contributed by atoms with E-state index < -0.39 is 47.4 Å². The van der Waals surface area contributed by atoms with Crippen molar-refractivity contribution in [2.24, 2.45) is 0 Å². The van der Waals surface area contributed by atoms with Gasteiger partial charge in [0.25, 0.3) is 0 Å². The van der Waals surface area contributed by atoms with Crippen LogP contribution in [0, 0.1) is 11.6 Å². The zero-order valence-corrected chi connectivity index (χ0v) is 15.3. The maximum absolute atomic E-state index is 14.1. The van der Waals surface area contributed by atoms with Gasteiger partial charge in [-0.3, -0.25) is 0 Å². The number of benzene rings is 2. The molecule has 0 aromatic heterocycles. The summed E-state index contributed by atoms with van der Waals surface area (Å²) in [7, 11) is -7.94. The van der Waals surface area contributed by atoms with Crippen molar-refractivity contribution in [1.29, 1.82) is 0 Å². The molecule has 0 saturated carbocycles. The fourth-order valence-corrected chi connectivity index (χ4v) is 6.48. The number of rotatable bonds is 3. The highest BCUT2D eigenvalue weighted by molar-refractivity contribution is 7.92. The molecule has 1 aliphatic heterocycles. The van der Waals surface area contributed by atoms with Gasteiger partial charge in [0.1, 0.15) is 16.5 Å². The number of hydrogen-bond acceptors (Lipinski definition) is 4. The average molecular weight is 401 g/mol. The Morgan fingerprint density at radius 2 is 1.54 bits per heavy atom. The molecule has 0 spiro atoms. The predicted octanol–water partition coefficient (Wildman–Crippen LogP) is 2.52. The van der Waals surface area contributed by atoms with Crippen molar-refractivity contribution in [2.45, 2.75) is 16.6 Å². The van der Waals surface area contributed by atoms with Crippen LogP contribution in [0.3, 0.4) is 0 Å². The van der Waals surface area contributed by atoms with Gasteiger partial charge >= 0.3 is 0 Å². The second-order valence-corrected chi connectivity index (χ2v) is 10.2. The third-order valence-electron chi connectivity index (χ3n) is 4.41. The SMILES string of the molecule is O=S1(=O)CCN(S(=O)(=O)c2ccccc2F)CCC1c1ccccc1F. The Hall–Kier alpha value is -1.84. The van der Waals surface area contributed by atoms with Crippen molar-refractivity contribution >= 4 is 19.9 Å². The minimum absolute atomic E-state index is 0.0256. The van der Waals surface area contributed by atoms with E-state index in [0.717, 1.165) is 16.4 Å². The summed E-state index contributed by atoms with van der Waals surface area (Å²) in [6.07, 6.45) is -0.100. The fourth-order valence-electron chi connectivity index (χ4n) is 3.04. The number of halogens is 2. The molecule has 5 nitrogen and oxygen atoms in total. The van der Waals surface area contributed by atoms with Crippen molar-refractivity contribution in [2.75, 3.05) is 18.8 Å².